The highest BCUT2D eigenvalue weighted by Gasteiger charge is 2.14. The Kier molecular flexibility index (Phi) is 3.08. The van der Waals surface area contributed by atoms with E-state index in [4.69, 9.17) is 5.26 Å². The van der Waals surface area contributed by atoms with Crippen LogP contribution in [0.5, 0.6) is 0 Å². The Hall–Kier alpha value is -2.29. The van der Waals surface area contributed by atoms with Crippen molar-refractivity contribution < 1.29 is 14.1 Å². The number of nitriles is 1. The molecule has 0 spiro atoms. The third kappa shape index (κ3) is 2.57. The summed E-state index contributed by atoms with van der Waals surface area (Å²) in [5.74, 6) is -1.51. The average Bonchev–Trinajstić information content (AvgIpc) is 2.17. The topological polar surface area (TPSA) is 84.0 Å². The van der Waals surface area contributed by atoms with E-state index in [0.29, 0.717) is 6.07 Å². The van der Waals surface area contributed by atoms with Crippen LogP contribution in [-0.4, -0.2) is 10.7 Å². The van der Waals surface area contributed by atoms with Crippen molar-refractivity contribution in [3.8, 4) is 6.07 Å². The van der Waals surface area contributed by atoms with Crippen LogP contribution in [0.25, 0.3) is 0 Å². The number of ketones is 1. The zero-order valence-electron chi connectivity index (χ0n) is 7.44. The second kappa shape index (κ2) is 4.28. The minimum absolute atomic E-state index is 0.164. The van der Waals surface area contributed by atoms with Crippen molar-refractivity contribution in [2.75, 3.05) is 0 Å². The van der Waals surface area contributed by atoms with Crippen LogP contribution in [0.3, 0.4) is 0 Å². The van der Waals surface area contributed by atoms with E-state index in [9.17, 15) is 19.3 Å². The number of nitro benzene ring substituents is 1. The predicted octanol–water partition coefficient (Wildman–Crippen LogP) is 1.83. The zero-order valence-corrected chi connectivity index (χ0v) is 7.44. The van der Waals surface area contributed by atoms with E-state index in [2.05, 4.69) is 0 Å². The summed E-state index contributed by atoms with van der Waals surface area (Å²) in [6, 6.07) is 4.12. The number of hydrogen-bond acceptors (Lipinski definition) is 4. The monoisotopic (exact) mass is 208 g/mol. The molecule has 0 aliphatic heterocycles. The Morgan fingerprint density at radius 3 is 2.73 bits per heavy atom. The smallest absolute Gasteiger partial charge is 0.273 e. The number of carbonyl (C=O) groups excluding carboxylic acids is 1. The Bertz CT molecular complexity index is 465. The average molecular weight is 208 g/mol. The molecule has 1 rings (SSSR count). The number of non-ortho nitro benzene ring substituents is 1. The van der Waals surface area contributed by atoms with Gasteiger partial charge in [0.2, 0.25) is 0 Å². The van der Waals surface area contributed by atoms with Crippen LogP contribution in [0.2, 0.25) is 0 Å². The highest BCUT2D eigenvalue weighted by molar-refractivity contribution is 5.97. The van der Waals surface area contributed by atoms with E-state index < -0.39 is 28.6 Å². The molecular weight excluding hydrogens is 203 g/mol. The molecule has 1 aromatic rings. The van der Waals surface area contributed by atoms with Gasteiger partial charge in [0.15, 0.2) is 5.78 Å². The lowest BCUT2D eigenvalue weighted by molar-refractivity contribution is -0.385. The number of benzene rings is 1. The van der Waals surface area contributed by atoms with Crippen LogP contribution < -0.4 is 0 Å². The van der Waals surface area contributed by atoms with Gasteiger partial charge in [-0.05, 0) is 6.07 Å². The second-order valence-corrected chi connectivity index (χ2v) is 2.71. The number of halogens is 1. The summed E-state index contributed by atoms with van der Waals surface area (Å²) in [6.45, 7) is 0. The maximum absolute atomic E-state index is 12.8. The van der Waals surface area contributed by atoms with Crippen LogP contribution in [0.4, 0.5) is 10.1 Å². The van der Waals surface area contributed by atoms with Crippen LogP contribution in [0.1, 0.15) is 16.8 Å². The molecule has 1 aromatic carbocycles. The van der Waals surface area contributed by atoms with E-state index in [0.717, 1.165) is 12.1 Å². The Morgan fingerprint density at radius 1 is 1.53 bits per heavy atom. The molecule has 15 heavy (non-hydrogen) atoms. The fourth-order valence-corrected chi connectivity index (χ4v) is 1.01. The lowest BCUT2D eigenvalue weighted by Crippen LogP contribution is -2.00. The molecule has 5 nitrogen and oxygen atoms in total. The predicted molar refractivity (Wildman–Crippen MR) is 47.6 cm³/mol. The summed E-state index contributed by atoms with van der Waals surface area (Å²) in [5, 5.41) is 18.6. The number of rotatable bonds is 3. The number of Topliss-reactive ketones (excluding diaryl/α,β-unsaturated/α-hetero) is 1. The van der Waals surface area contributed by atoms with Gasteiger partial charge in [-0.1, -0.05) is 0 Å². The SMILES string of the molecule is N#CCC(=O)c1cc(F)cc([N+](=O)[O-])c1. The molecule has 0 N–H and O–H groups in total. The first kappa shape index (κ1) is 10.8. The molecule has 0 unspecified atom stereocenters. The lowest BCUT2D eigenvalue weighted by atomic mass is 10.1. The minimum Gasteiger partial charge on any atom is -0.293 e. The van der Waals surface area contributed by atoms with E-state index in [1.807, 2.05) is 0 Å². The van der Waals surface area contributed by atoms with E-state index in [1.165, 1.54) is 0 Å². The van der Waals surface area contributed by atoms with Gasteiger partial charge >= 0.3 is 0 Å². The Balaban J connectivity index is 3.15. The van der Waals surface area contributed by atoms with Gasteiger partial charge in [0.05, 0.1) is 23.5 Å². The molecule has 0 bridgehead atoms. The van der Waals surface area contributed by atoms with Crippen molar-refractivity contribution in [2.45, 2.75) is 6.42 Å². The van der Waals surface area contributed by atoms with Crippen molar-refractivity contribution in [3.05, 3.63) is 39.7 Å². The van der Waals surface area contributed by atoms with Gasteiger partial charge < -0.3 is 0 Å². The molecule has 0 heterocycles. The molecule has 0 aliphatic carbocycles. The highest BCUT2D eigenvalue weighted by atomic mass is 19.1. The quantitative estimate of drug-likeness (QED) is 0.431. The number of nitro groups is 1. The van der Waals surface area contributed by atoms with E-state index in [-0.39, 0.29) is 5.56 Å². The summed E-state index contributed by atoms with van der Waals surface area (Å²) in [4.78, 5) is 20.7. The standard InChI is InChI=1S/C9H5FN2O3/c10-7-3-6(9(13)1-2-11)4-8(5-7)12(14)15/h3-5H,1H2. The summed E-state index contributed by atoms with van der Waals surface area (Å²) >= 11 is 0. The highest BCUT2D eigenvalue weighted by Crippen LogP contribution is 2.17. The van der Waals surface area contributed by atoms with E-state index >= 15 is 0 Å². The lowest BCUT2D eigenvalue weighted by Gasteiger charge is -1.97. The Morgan fingerprint density at radius 2 is 2.20 bits per heavy atom. The number of carbonyl (C=O) groups is 1. The third-order valence-electron chi connectivity index (χ3n) is 1.65. The van der Waals surface area contributed by atoms with Crippen molar-refractivity contribution in [1.29, 1.82) is 5.26 Å². The summed E-state index contributed by atoms with van der Waals surface area (Å²) in [7, 11) is 0. The fraction of sp³-hybridized carbons (Fsp3) is 0.111. The van der Waals surface area contributed by atoms with Crippen molar-refractivity contribution in [3.63, 3.8) is 0 Å². The van der Waals surface area contributed by atoms with Crippen LogP contribution >= 0.6 is 0 Å². The maximum atomic E-state index is 12.8. The van der Waals surface area contributed by atoms with Gasteiger partial charge in [0, 0.05) is 11.6 Å². The van der Waals surface area contributed by atoms with Gasteiger partial charge in [0.1, 0.15) is 5.82 Å². The van der Waals surface area contributed by atoms with Crippen LogP contribution in [0, 0.1) is 27.3 Å². The van der Waals surface area contributed by atoms with Crippen molar-refractivity contribution in [1.82, 2.24) is 0 Å². The van der Waals surface area contributed by atoms with Crippen LogP contribution in [0.15, 0.2) is 18.2 Å². The van der Waals surface area contributed by atoms with Gasteiger partial charge in [0.25, 0.3) is 5.69 Å². The molecule has 0 aromatic heterocycles. The van der Waals surface area contributed by atoms with Crippen LogP contribution in [-0.2, 0) is 0 Å². The summed E-state index contributed by atoms with van der Waals surface area (Å²) < 4.78 is 12.8. The molecule has 0 radical (unpaired) electrons. The molecule has 0 aliphatic rings. The van der Waals surface area contributed by atoms with Crippen molar-refractivity contribution in [2.24, 2.45) is 0 Å². The summed E-state index contributed by atoms with van der Waals surface area (Å²) in [5.41, 5.74) is -0.667. The minimum atomic E-state index is -0.870. The third-order valence-corrected chi connectivity index (χ3v) is 1.65. The molecular formula is C9H5FN2O3. The molecule has 0 saturated carbocycles. The molecule has 0 fully saturated rings. The molecule has 6 heteroatoms. The molecule has 0 saturated heterocycles. The van der Waals surface area contributed by atoms with Gasteiger partial charge in [-0.2, -0.15) is 5.26 Å². The molecule has 76 valence electrons. The zero-order chi connectivity index (χ0) is 11.4. The fourth-order valence-electron chi connectivity index (χ4n) is 1.01. The van der Waals surface area contributed by atoms with Gasteiger partial charge in [-0.3, -0.25) is 14.9 Å². The van der Waals surface area contributed by atoms with Gasteiger partial charge in [-0.25, -0.2) is 4.39 Å². The van der Waals surface area contributed by atoms with Crippen molar-refractivity contribution >= 4 is 11.5 Å². The maximum Gasteiger partial charge on any atom is 0.273 e. The number of hydrogen-bond donors (Lipinski definition) is 0. The molecule has 0 amide bonds. The first-order valence-electron chi connectivity index (χ1n) is 3.89. The largest absolute Gasteiger partial charge is 0.293 e. The second-order valence-electron chi connectivity index (χ2n) is 2.71. The Labute approximate surface area is 83.9 Å². The van der Waals surface area contributed by atoms with E-state index in [1.54, 1.807) is 6.07 Å². The van der Waals surface area contributed by atoms with Gasteiger partial charge in [-0.15, -0.1) is 0 Å². The number of nitrogens with zero attached hydrogens (tertiary/aromatic N) is 2. The first-order chi connectivity index (χ1) is 7.04. The molecule has 0 atom stereocenters. The first-order valence-corrected chi connectivity index (χ1v) is 3.89. The summed E-state index contributed by atoms with van der Waals surface area (Å²) in [6.07, 6.45) is -0.430. The normalized spacial score (nSPS) is 9.33.